The number of ether oxygens (including phenoxy) is 1. The van der Waals surface area contributed by atoms with Gasteiger partial charge in [0, 0.05) is 11.3 Å². The number of nitrogens with one attached hydrogen (secondary N) is 2. The van der Waals surface area contributed by atoms with Crippen LogP contribution < -0.4 is 5.32 Å². The Bertz CT molecular complexity index is 1290. The molecule has 32 heavy (non-hydrogen) atoms. The molecule has 1 heterocycles. The highest BCUT2D eigenvalue weighted by Crippen LogP contribution is 2.22. The third-order valence-corrected chi connectivity index (χ3v) is 5.18. The number of carbonyl (C=O) groups is 2. The van der Waals surface area contributed by atoms with Crippen molar-refractivity contribution >= 4 is 28.6 Å². The van der Waals surface area contributed by atoms with Crippen LogP contribution in [0.5, 0.6) is 0 Å². The molecule has 1 unspecified atom stereocenters. The number of carbonyl (C=O) groups excluding carboxylic acids is 2. The first-order valence-corrected chi connectivity index (χ1v) is 10.5. The van der Waals surface area contributed by atoms with Crippen molar-refractivity contribution in [3.8, 4) is 11.4 Å². The number of rotatable bonds is 5. The summed E-state index contributed by atoms with van der Waals surface area (Å²) in [6.07, 6.45) is -0.941. The van der Waals surface area contributed by atoms with E-state index in [4.69, 9.17) is 4.74 Å². The predicted octanol–water partition coefficient (Wildman–Crippen LogP) is 5.34. The second-order valence-electron chi connectivity index (χ2n) is 8.10. The number of amides is 1. The SMILES string of the molecule is Cc1ccc(-c2nc3ccc(C(=O)OC(C)C(=O)Nc4cc(C)cc(C)c4)cc3[nH]2)cc1. The number of H-pyrrole nitrogens is 1. The normalized spacial score (nSPS) is 11.9. The first-order valence-electron chi connectivity index (χ1n) is 10.5. The minimum Gasteiger partial charge on any atom is -0.449 e. The van der Waals surface area contributed by atoms with Crippen LogP contribution in [-0.4, -0.2) is 27.9 Å². The zero-order chi connectivity index (χ0) is 22.8. The Kier molecular flexibility index (Phi) is 5.77. The molecule has 4 aromatic rings. The zero-order valence-electron chi connectivity index (χ0n) is 18.5. The number of fused-ring (bicyclic) bond motifs is 1. The maximum Gasteiger partial charge on any atom is 0.338 e. The molecule has 0 fully saturated rings. The fraction of sp³-hybridized carbons (Fsp3) is 0.192. The van der Waals surface area contributed by atoms with Gasteiger partial charge in [0.25, 0.3) is 5.91 Å². The number of benzene rings is 3. The summed E-state index contributed by atoms with van der Waals surface area (Å²) >= 11 is 0. The molecule has 1 amide bonds. The molecule has 162 valence electrons. The van der Waals surface area contributed by atoms with Gasteiger partial charge in [0.2, 0.25) is 0 Å². The third kappa shape index (κ3) is 4.70. The van der Waals surface area contributed by atoms with E-state index in [1.807, 2.05) is 63.2 Å². The van der Waals surface area contributed by atoms with Crippen molar-refractivity contribution in [2.45, 2.75) is 33.8 Å². The van der Waals surface area contributed by atoms with Gasteiger partial charge in [0.1, 0.15) is 5.82 Å². The maximum atomic E-state index is 12.6. The van der Waals surface area contributed by atoms with Crippen LogP contribution in [-0.2, 0) is 9.53 Å². The summed E-state index contributed by atoms with van der Waals surface area (Å²) in [5.74, 6) is -0.221. The molecule has 0 aliphatic carbocycles. The van der Waals surface area contributed by atoms with Gasteiger partial charge in [-0.2, -0.15) is 0 Å². The lowest BCUT2D eigenvalue weighted by atomic mass is 10.1. The first kappa shape index (κ1) is 21.3. The highest BCUT2D eigenvalue weighted by Gasteiger charge is 2.20. The van der Waals surface area contributed by atoms with E-state index >= 15 is 0 Å². The van der Waals surface area contributed by atoms with Gasteiger partial charge in [-0.05, 0) is 69.2 Å². The standard InChI is InChI=1S/C26H25N3O3/c1-15-5-7-19(8-6-15)24-28-22-10-9-20(14-23(22)29-24)26(31)32-18(4)25(30)27-21-12-16(2)11-17(3)13-21/h5-14,18H,1-4H3,(H,27,30)(H,28,29). The van der Waals surface area contributed by atoms with Gasteiger partial charge in [-0.3, -0.25) is 4.79 Å². The molecule has 0 saturated carbocycles. The molecule has 4 rings (SSSR count). The van der Waals surface area contributed by atoms with Crippen LogP contribution in [0, 0.1) is 20.8 Å². The van der Waals surface area contributed by atoms with Crippen molar-refractivity contribution in [3.63, 3.8) is 0 Å². The monoisotopic (exact) mass is 427 g/mol. The Morgan fingerprint density at radius 1 is 0.906 bits per heavy atom. The van der Waals surface area contributed by atoms with Gasteiger partial charge < -0.3 is 15.0 Å². The van der Waals surface area contributed by atoms with Crippen LogP contribution >= 0.6 is 0 Å². The predicted molar refractivity (Wildman–Crippen MR) is 126 cm³/mol. The molecule has 0 aliphatic heterocycles. The van der Waals surface area contributed by atoms with E-state index in [9.17, 15) is 9.59 Å². The average Bonchev–Trinajstić information content (AvgIpc) is 3.16. The largest absolute Gasteiger partial charge is 0.449 e. The number of hydrogen-bond acceptors (Lipinski definition) is 4. The van der Waals surface area contributed by atoms with Gasteiger partial charge in [0.05, 0.1) is 16.6 Å². The molecule has 0 radical (unpaired) electrons. The number of imidazole rings is 1. The van der Waals surface area contributed by atoms with Crippen LogP contribution in [0.25, 0.3) is 22.4 Å². The van der Waals surface area contributed by atoms with E-state index in [2.05, 4.69) is 15.3 Å². The molecule has 0 aliphatic rings. The summed E-state index contributed by atoms with van der Waals surface area (Å²) in [6.45, 7) is 7.51. The molecular formula is C26H25N3O3. The van der Waals surface area contributed by atoms with E-state index in [-0.39, 0.29) is 5.91 Å². The Morgan fingerprint density at radius 3 is 2.28 bits per heavy atom. The van der Waals surface area contributed by atoms with Crippen molar-refractivity contribution in [3.05, 3.63) is 82.9 Å². The van der Waals surface area contributed by atoms with Gasteiger partial charge in [-0.1, -0.05) is 35.9 Å². The van der Waals surface area contributed by atoms with Crippen molar-refractivity contribution in [1.82, 2.24) is 9.97 Å². The molecule has 2 N–H and O–H groups in total. The van der Waals surface area contributed by atoms with Crippen LogP contribution in [0.1, 0.15) is 34.0 Å². The number of hydrogen-bond donors (Lipinski definition) is 2. The van der Waals surface area contributed by atoms with Gasteiger partial charge >= 0.3 is 5.97 Å². The topological polar surface area (TPSA) is 84.1 Å². The molecule has 1 atom stereocenters. The molecular weight excluding hydrogens is 402 g/mol. The quantitative estimate of drug-likeness (QED) is 0.421. The van der Waals surface area contributed by atoms with Crippen molar-refractivity contribution in [2.24, 2.45) is 0 Å². The summed E-state index contributed by atoms with van der Waals surface area (Å²) in [4.78, 5) is 33.0. The fourth-order valence-corrected chi connectivity index (χ4v) is 3.56. The number of nitrogens with zero attached hydrogens (tertiary/aromatic N) is 1. The van der Waals surface area contributed by atoms with E-state index in [1.54, 1.807) is 25.1 Å². The van der Waals surface area contributed by atoms with Crippen LogP contribution in [0.2, 0.25) is 0 Å². The number of aromatic nitrogens is 2. The van der Waals surface area contributed by atoms with Crippen LogP contribution in [0.3, 0.4) is 0 Å². The molecule has 6 heteroatoms. The summed E-state index contributed by atoms with van der Waals surface area (Å²) in [5.41, 5.74) is 6.73. The van der Waals surface area contributed by atoms with Gasteiger partial charge in [0.15, 0.2) is 6.10 Å². The molecule has 6 nitrogen and oxygen atoms in total. The minimum atomic E-state index is -0.941. The first-order chi connectivity index (χ1) is 15.3. The second-order valence-corrected chi connectivity index (χ2v) is 8.10. The van der Waals surface area contributed by atoms with E-state index in [0.29, 0.717) is 11.3 Å². The lowest BCUT2D eigenvalue weighted by molar-refractivity contribution is -0.123. The molecule has 1 aromatic heterocycles. The van der Waals surface area contributed by atoms with Crippen LogP contribution in [0.15, 0.2) is 60.7 Å². The van der Waals surface area contributed by atoms with Gasteiger partial charge in [-0.15, -0.1) is 0 Å². The Morgan fingerprint density at radius 2 is 1.59 bits per heavy atom. The Balaban J connectivity index is 1.46. The summed E-state index contributed by atoms with van der Waals surface area (Å²) in [6, 6.07) is 18.9. The Labute approximate surface area is 186 Å². The molecule has 0 bridgehead atoms. The van der Waals surface area contributed by atoms with E-state index < -0.39 is 12.1 Å². The number of anilines is 1. The van der Waals surface area contributed by atoms with E-state index in [1.165, 1.54) is 5.56 Å². The van der Waals surface area contributed by atoms with Crippen molar-refractivity contribution in [1.29, 1.82) is 0 Å². The molecule has 0 saturated heterocycles. The van der Waals surface area contributed by atoms with Crippen molar-refractivity contribution in [2.75, 3.05) is 5.32 Å². The summed E-state index contributed by atoms with van der Waals surface area (Å²) in [5, 5.41) is 2.80. The lowest BCUT2D eigenvalue weighted by Crippen LogP contribution is -2.30. The minimum absolute atomic E-state index is 0.350. The molecule has 0 spiro atoms. The number of aryl methyl sites for hydroxylation is 3. The third-order valence-electron chi connectivity index (χ3n) is 5.18. The Hall–Kier alpha value is -3.93. The molecule has 3 aromatic carbocycles. The smallest absolute Gasteiger partial charge is 0.338 e. The number of esters is 1. The van der Waals surface area contributed by atoms with E-state index in [0.717, 1.165) is 33.5 Å². The van der Waals surface area contributed by atoms with Crippen molar-refractivity contribution < 1.29 is 14.3 Å². The van der Waals surface area contributed by atoms with Crippen LogP contribution in [0.4, 0.5) is 5.69 Å². The van der Waals surface area contributed by atoms with Gasteiger partial charge in [-0.25, -0.2) is 9.78 Å². The average molecular weight is 428 g/mol. The lowest BCUT2D eigenvalue weighted by Gasteiger charge is -2.14. The highest BCUT2D eigenvalue weighted by atomic mass is 16.5. The number of aromatic amines is 1. The fourth-order valence-electron chi connectivity index (χ4n) is 3.56. The second kappa shape index (κ2) is 8.67. The summed E-state index contributed by atoms with van der Waals surface area (Å²) < 4.78 is 5.40. The zero-order valence-corrected chi connectivity index (χ0v) is 18.5. The maximum absolute atomic E-state index is 12.6. The highest BCUT2D eigenvalue weighted by molar-refractivity contribution is 5.98. The summed E-state index contributed by atoms with van der Waals surface area (Å²) in [7, 11) is 0.